The van der Waals surface area contributed by atoms with Crippen LogP contribution in [0.4, 0.5) is 15.8 Å². The van der Waals surface area contributed by atoms with E-state index in [1.54, 1.807) is 36.4 Å². The van der Waals surface area contributed by atoms with Crippen molar-refractivity contribution in [3.05, 3.63) is 71.2 Å². The van der Waals surface area contributed by atoms with Gasteiger partial charge in [0.2, 0.25) is 0 Å². The highest BCUT2D eigenvalue weighted by Gasteiger charge is 2.24. The van der Waals surface area contributed by atoms with E-state index in [0.29, 0.717) is 11.4 Å². The molecule has 2 aromatic carbocycles. The third kappa shape index (κ3) is 3.52. The van der Waals surface area contributed by atoms with Crippen LogP contribution in [0.1, 0.15) is 5.56 Å². The number of allylic oxidation sites excluding steroid dienone is 1. The van der Waals surface area contributed by atoms with Gasteiger partial charge < -0.3 is 10.1 Å². The number of fused-ring (bicyclic) bond motifs is 1. The largest absolute Gasteiger partial charge is 0.457 e. The summed E-state index contributed by atoms with van der Waals surface area (Å²) in [6.07, 6.45) is 0. The van der Waals surface area contributed by atoms with Gasteiger partial charge in [-0.2, -0.15) is 5.26 Å². The van der Waals surface area contributed by atoms with Gasteiger partial charge in [-0.15, -0.1) is 0 Å². The molecular weight excluding hydrogens is 345 g/mol. The molecule has 0 aliphatic carbocycles. The minimum atomic E-state index is -0.916. The van der Waals surface area contributed by atoms with E-state index in [1.807, 2.05) is 0 Å². The van der Waals surface area contributed by atoms with Crippen LogP contribution < -0.4 is 5.32 Å². The fourth-order valence-electron chi connectivity index (χ4n) is 2.22. The van der Waals surface area contributed by atoms with Crippen LogP contribution in [0, 0.1) is 17.1 Å². The Morgan fingerprint density at radius 1 is 1.24 bits per heavy atom. The summed E-state index contributed by atoms with van der Waals surface area (Å²) in [7, 11) is 0. The van der Waals surface area contributed by atoms with E-state index in [1.165, 1.54) is 18.2 Å². The van der Waals surface area contributed by atoms with Crippen molar-refractivity contribution in [2.45, 2.75) is 6.61 Å². The fourth-order valence-corrected chi connectivity index (χ4v) is 2.46. The van der Waals surface area contributed by atoms with Gasteiger partial charge >= 0.3 is 5.97 Å². The molecule has 1 heterocycles. The molecule has 0 saturated heterocycles. The van der Waals surface area contributed by atoms with Gasteiger partial charge in [-0.25, -0.2) is 14.2 Å². The van der Waals surface area contributed by atoms with Crippen molar-refractivity contribution in [3.8, 4) is 6.07 Å². The average molecular weight is 356 g/mol. The number of anilines is 1. The normalized spacial score (nSPS) is 14.5. The maximum atomic E-state index is 13.6. The predicted molar refractivity (Wildman–Crippen MR) is 91.8 cm³/mol. The summed E-state index contributed by atoms with van der Waals surface area (Å²) in [6, 6.07) is 14.7. The lowest BCUT2D eigenvalue weighted by Crippen LogP contribution is -2.19. The number of carbonyl (C=O) groups excluding carboxylic acids is 1. The van der Waals surface area contributed by atoms with E-state index in [0.717, 1.165) is 0 Å². The number of hydrogen-bond donors (Lipinski definition) is 1. The minimum absolute atomic E-state index is 0.0295. The van der Waals surface area contributed by atoms with Gasteiger partial charge in [-0.1, -0.05) is 41.9 Å². The Kier molecular flexibility index (Phi) is 4.78. The highest BCUT2D eigenvalue weighted by molar-refractivity contribution is 6.70. The van der Waals surface area contributed by atoms with E-state index in [9.17, 15) is 14.4 Å². The number of ether oxygens (including phenoxy) is 1. The molecule has 7 heteroatoms. The Morgan fingerprint density at radius 3 is 2.72 bits per heavy atom. The van der Waals surface area contributed by atoms with Crippen molar-refractivity contribution in [1.82, 2.24) is 0 Å². The van der Waals surface area contributed by atoms with Crippen molar-refractivity contribution >= 4 is 34.1 Å². The maximum absolute atomic E-state index is 13.6. The zero-order valence-corrected chi connectivity index (χ0v) is 13.5. The number of rotatable bonds is 3. The van der Waals surface area contributed by atoms with Gasteiger partial charge in [-0.05, 0) is 18.2 Å². The summed E-state index contributed by atoms with van der Waals surface area (Å²) in [4.78, 5) is 16.4. The number of halogens is 2. The van der Waals surface area contributed by atoms with Crippen LogP contribution in [0.25, 0.3) is 0 Å². The third-order valence-electron chi connectivity index (χ3n) is 3.47. The van der Waals surface area contributed by atoms with Crippen molar-refractivity contribution in [1.29, 1.82) is 5.26 Å². The van der Waals surface area contributed by atoms with Crippen LogP contribution in [-0.2, 0) is 16.1 Å². The van der Waals surface area contributed by atoms with Crippen LogP contribution in [-0.4, -0.2) is 11.1 Å². The molecule has 1 aliphatic rings. The number of nitrogens with zero attached hydrogens (tertiary/aromatic N) is 2. The smallest absolute Gasteiger partial charge is 0.351 e. The molecule has 0 fully saturated rings. The summed E-state index contributed by atoms with van der Waals surface area (Å²) >= 11 is 6.08. The molecule has 0 radical (unpaired) electrons. The maximum Gasteiger partial charge on any atom is 0.351 e. The van der Waals surface area contributed by atoms with E-state index in [4.69, 9.17) is 16.3 Å². The number of carbonyl (C=O) groups is 1. The fraction of sp³-hybridized carbons (Fsp3) is 0.0556. The molecule has 124 valence electrons. The lowest BCUT2D eigenvalue weighted by molar-refractivity contribution is -0.139. The first kappa shape index (κ1) is 16.7. The van der Waals surface area contributed by atoms with Crippen molar-refractivity contribution < 1.29 is 13.9 Å². The van der Waals surface area contributed by atoms with Gasteiger partial charge in [0, 0.05) is 5.56 Å². The number of benzene rings is 2. The molecule has 0 aromatic heterocycles. The first-order chi connectivity index (χ1) is 12.1. The topological polar surface area (TPSA) is 74.5 Å². The molecule has 2 aromatic rings. The number of para-hydroxylation sites is 2. The van der Waals surface area contributed by atoms with Crippen molar-refractivity contribution in [2.24, 2.45) is 4.99 Å². The highest BCUT2D eigenvalue weighted by Crippen LogP contribution is 2.32. The quantitative estimate of drug-likeness (QED) is 0.512. The predicted octanol–water partition coefficient (Wildman–Crippen LogP) is 4.04. The van der Waals surface area contributed by atoms with Crippen molar-refractivity contribution in [3.63, 3.8) is 0 Å². The Hall–Kier alpha value is -3.17. The Balaban J connectivity index is 1.85. The summed E-state index contributed by atoms with van der Waals surface area (Å²) < 4.78 is 18.6. The van der Waals surface area contributed by atoms with E-state index in [2.05, 4.69) is 10.3 Å². The molecule has 0 spiro atoms. The van der Waals surface area contributed by atoms with E-state index in [-0.39, 0.29) is 28.6 Å². The standard InChI is InChI=1S/C18H11ClFN3O2/c19-17-16(22-14-7-3-4-8-15(14)23-17)12(9-21)18(24)25-10-11-5-1-2-6-13(11)20/h1-8,22H,10H2/b16-12-. The zero-order chi connectivity index (χ0) is 17.8. The second kappa shape index (κ2) is 7.16. The van der Waals surface area contributed by atoms with Crippen LogP contribution in [0.2, 0.25) is 0 Å². The lowest BCUT2D eigenvalue weighted by atomic mass is 10.1. The van der Waals surface area contributed by atoms with Crippen LogP contribution >= 0.6 is 11.6 Å². The van der Waals surface area contributed by atoms with E-state index < -0.39 is 11.8 Å². The van der Waals surface area contributed by atoms with Gasteiger partial charge in [0.25, 0.3) is 0 Å². The molecule has 5 nitrogen and oxygen atoms in total. The number of esters is 1. The molecule has 0 amide bonds. The number of nitrogens with one attached hydrogen (secondary N) is 1. The number of hydrogen-bond acceptors (Lipinski definition) is 5. The summed E-state index contributed by atoms with van der Waals surface area (Å²) in [5.74, 6) is -1.41. The van der Waals surface area contributed by atoms with Crippen LogP contribution in [0.5, 0.6) is 0 Å². The Labute approximate surface area is 148 Å². The number of nitriles is 1. The highest BCUT2D eigenvalue weighted by atomic mass is 35.5. The SMILES string of the molecule is N#C/C(C(=O)OCc1ccccc1F)=C1/Nc2ccccc2N=C1Cl. The molecular formula is C18H11ClFN3O2. The van der Waals surface area contributed by atoms with Crippen molar-refractivity contribution in [2.75, 3.05) is 5.32 Å². The van der Waals surface area contributed by atoms with Gasteiger partial charge in [-0.3, -0.25) is 0 Å². The van der Waals surface area contributed by atoms with Crippen LogP contribution in [0.3, 0.4) is 0 Å². The molecule has 0 saturated carbocycles. The summed E-state index contributed by atoms with van der Waals surface area (Å²) in [6.45, 7) is -0.296. The van der Waals surface area contributed by atoms with E-state index >= 15 is 0 Å². The minimum Gasteiger partial charge on any atom is -0.457 e. The molecule has 0 unspecified atom stereocenters. The summed E-state index contributed by atoms with van der Waals surface area (Å²) in [5.41, 5.74) is 1.13. The Bertz CT molecular complexity index is 947. The molecule has 3 rings (SSSR count). The van der Waals surface area contributed by atoms with Gasteiger partial charge in [0.1, 0.15) is 24.2 Å². The molecule has 1 N–H and O–H groups in total. The second-order valence-electron chi connectivity index (χ2n) is 5.07. The lowest BCUT2D eigenvalue weighted by Gasteiger charge is -2.18. The molecule has 0 atom stereocenters. The zero-order valence-electron chi connectivity index (χ0n) is 12.8. The third-order valence-corrected chi connectivity index (χ3v) is 3.74. The molecule has 1 aliphatic heterocycles. The Morgan fingerprint density at radius 2 is 1.96 bits per heavy atom. The first-order valence-electron chi connectivity index (χ1n) is 7.25. The van der Waals surface area contributed by atoms with Crippen LogP contribution in [0.15, 0.2) is 64.8 Å². The average Bonchev–Trinajstić information content (AvgIpc) is 2.62. The van der Waals surface area contributed by atoms with Gasteiger partial charge in [0.15, 0.2) is 10.7 Å². The number of aliphatic imine (C=N–C) groups is 1. The first-order valence-corrected chi connectivity index (χ1v) is 7.63. The summed E-state index contributed by atoms with van der Waals surface area (Å²) in [5, 5.41) is 12.2. The second-order valence-corrected chi connectivity index (χ2v) is 5.43. The molecule has 0 bridgehead atoms. The molecule has 25 heavy (non-hydrogen) atoms. The van der Waals surface area contributed by atoms with Gasteiger partial charge in [0.05, 0.1) is 11.4 Å². The monoisotopic (exact) mass is 355 g/mol.